The first-order chi connectivity index (χ1) is 11.7. The Hall–Kier alpha value is -1.56. The Morgan fingerprint density at radius 3 is 2.68 bits per heavy atom. The van der Waals surface area contributed by atoms with Crippen LogP contribution in [0.2, 0.25) is 0 Å². The van der Waals surface area contributed by atoms with E-state index in [1.54, 1.807) is 18.2 Å². The smallest absolute Gasteiger partial charge is 0.175 e. The topological polar surface area (TPSA) is 30.5 Å². The van der Waals surface area contributed by atoms with E-state index >= 15 is 0 Å². The van der Waals surface area contributed by atoms with Gasteiger partial charge in [-0.2, -0.15) is 0 Å². The van der Waals surface area contributed by atoms with Gasteiger partial charge in [0.25, 0.3) is 0 Å². The monoisotopic (exact) mass is 429 g/mol. The van der Waals surface area contributed by atoms with Gasteiger partial charge >= 0.3 is 0 Å². The second kappa shape index (κ2) is 11.1. The van der Waals surface area contributed by atoms with Crippen LogP contribution in [-0.4, -0.2) is 13.2 Å². The molecule has 2 aromatic rings. The van der Waals surface area contributed by atoms with E-state index in [1.807, 2.05) is 25.1 Å². The molecule has 136 valence electrons. The van der Waals surface area contributed by atoms with Gasteiger partial charge < -0.3 is 14.8 Å². The zero-order chi connectivity index (χ0) is 17.4. The van der Waals surface area contributed by atoms with E-state index in [9.17, 15) is 4.39 Å². The van der Waals surface area contributed by atoms with Crippen molar-refractivity contribution in [3.8, 4) is 11.5 Å². The van der Waals surface area contributed by atoms with Gasteiger partial charge in [-0.15, -0.1) is 19.0 Å². The summed E-state index contributed by atoms with van der Waals surface area (Å²) >= 11 is 3.52. The highest BCUT2D eigenvalue weighted by molar-refractivity contribution is 9.10. The molecule has 0 aliphatic heterocycles. The van der Waals surface area contributed by atoms with Crippen LogP contribution in [-0.2, 0) is 13.2 Å². The molecule has 0 bridgehead atoms. The number of rotatable bonds is 9. The van der Waals surface area contributed by atoms with Crippen LogP contribution >= 0.6 is 28.3 Å². The Morgan fingerprint density at radius 1 is 1.24 bits per heavy atom. The van der Waals surface area contributed by atoms with Gasteiger partial charge in [0.05, 0.1) is 11.1 Å². The van der Waals surface area contributed by atoms with E-state index in [2.05, 4.69) is 27.8 Å². The first-order valence-electron chi connectivity index (χ1n) is 7.78. The van der Waals surface area contributed by atoms with Crippen molar-refractivity contribution in [2.45, 2.75) is 20.1 Å². The molecule has 0 saturated carbocycles. The molecule has 0 amide bonds. The van der Waals surface area contributed by atoms with Crippen LogP contribution in [0.4, 0.5) is 4.39 Å². The lowest BCUT2D eigenvalue weighted by Crippen LogP contribution is -2.13. The Balaban J connectivity index is 0.00000312. The van der Waals surface area contributed by atoms with E-state index < -0.39 is 0 Å². The third kappa shape index (κ3) is 6.34. The lowest BCUT2D eigenvalue weighted by Gasteiger charge is -2.16. The zero-order valence-corrected chi connectivity index (χ0v) is 16.5. The van der Waals surface area contributed by atoms with Gasteiger partial charge in [-0.25, -0.2) is 4.39 Å². The number of nitrogens with one attached hydrogen (secondary N) is 1. The minimum Gasteiger partial charge on any atom is -0.490 e. The fourth-order valence-corrected chi connectivity index (χ4v) is 2.81. The van der Waals surface area contributed by atoms with E-state index in [4.69, 9.17) is 9.47 Å². The summed E-state index contributed by atoms with van der Waals surface area (Å²) in [4.78, 5) is 0. The highest BCUT2D eigenvalue weighted by Gasteiger charge is 2.13. The van der Waals surface area contributed by atoms with Crippen molar-refractivity contribution >= 4 is 28.3 Å². The third-order valence-corrected chi connectivity index (χ3v) is 3.91. The molecule has 1 N–H and O–H groups in total. The fourth-order valence-electron chi connectivity index (χ4n) is 2.21. The van der Waals surface area contributed by atoms with Crippen molar-refractivity contribution in [2.24, 2.45) is 0 Å². The summed E-state index contributed by atoms with van der Waals surface area (Å²) in [6.45, 7) is 7.68. The van der Waals surface area contributed by atoms with Crippen LogP contribution in [0.3, 0.4) is 0 Å². The molecule has 0 aliphatic rings. The van der Waals surface area contributed by atoms with Gasteiger partial charge in [-0.05, 0) is 46.6 Å². The number of halogens is 3. The van der Waals surface area contributed by atoms with Gasteiger partial charge in [0.1, 0.15) is 12.4 Å². The fraction of sp³-hybridized carbons (Fsp3) is 0.263. The van der Waals surface area contributed by atoms with Crippen molar-refractivity contribution in [3.05, 3.63) is 70.5 Å². The number of ether oxygens (including phenoxy) is 2. The third-order valence-electron chi connectivity index (χ3n) is 3.32. The summed E-state index contributed by atoms with van der Waals surface area (Å²) in [5.74, 6) is 0.933. The largest absolute Gasteiger partial charge is 0.490 e. The molecule has 3 nitrogen and oxygen atoms in total. The van der Waals surface area contributed by atoms with E-state index in [1.165, 1.54) is 6.07 Å². The Labute approximate surface area is 162 Å². The van der Waals surface area contributed by atoms with Crippen molar-refractivity contribution in [1.82, 2.24) is 5.32 Å². The minimum atomic E-state index is -0.281. The summed E-state index contributed by atoms with van der Waals surface area (Å²) in [5, 5.41) is 3.25. The standard InChI is InChI=1S/C19H21BrFNO2.ClH/c1-3-9-22-12-14-10-16(20)19(18(11-14)23-4-2)24-13-15-7-5-6-8-17(15)21;/h3,5-8,10-11,22H,1,4,9,12-13H2,2H3;1H. The second-order valence-corrected chi connectivity index (χ2v) is 5.99. The SMILES string of the molecule is C=CCNCc1cc(Br)c(OCc2ccccc2F)c(OCC)c1.Cl. The van der Waals surface area contributed by atoms with Crippen molar-refractivity contribution in [2.75, 3.05) is 13.2 Å². The van der Waals surface area contributed by atoms with Crippen LogP contribution in [0.15, 0.2) is 53.5 Å². The average molecular weight is 431 g/mol. The molecule has 2 rings (SSSR count). The maximum absolute atomic E-state index is 13.7. The van der Waals surface area contributed by atoms with Crippen LogP contribution in [0.25, 0.3) is 0 Å². The van der Waals surface area contributed by atoms with Crippen molar-refractivity contribution < 1.29 is 13.9 Å². The number of benzene rings is 2. The Morgan fingerprint density at radius 2 is 2.00 bits per heavy atom. The molecular weight excluding hydrogens is 409 g/mol. The van der Waals surface area contributed by atoms with Gasteiger partial charge in [0, 0.05) is 18.7 Å². The summed E-state index contributed by atoms with van der Waals surface area (Å²) in [7, 11) is 0. The lowest BCUT2D eigenvalue weighted by molar-refractivity contribution is 0.264. The highest BCUT2D eigenvalue weighted by atomic mass is 79.9. The van der Waals surface area contributed by atoms with Crippen LogP contribution < -0.4 is 14.8 Å². The van der Waals surface area contributed by atoms with Gasteiger partial charge in [0.15, 0.2) is 11.5 Å². The van der Waals surface area contributed by atoms with Gasteiger partial charge in [-0.3, -0.25) is 0 Å². The maximum atomic E-state index is 13.7. The molecule has 0 spiro atoms. The first-order valence-corrected chi connectivity index (χ1v) is 8.58. The Bertz CT molecular complexity index is 697. The summed E-state index contributed by atoms with van der Waals surface area (Å²) in [5.41, 5.74) is 1.56. The van der Waals surface area contributed by atoms with Gasteiger partial charge in [0.2, 0.25) is 0 Å². The predicted octanol–water partition coefficient (Wildman–Crippen LogP) is 5.26. The molecule has 25 heavy (non-hydrogen) atoms. The highest BCUT2D eigenvalue weighted by Crippen LogP contribution is 2.37. The number of hydrogen-bond acceptors (Lipinski definition) is 3. The average Bonchev–Trinajstić information content (AvgIpc) is 2.56. The number of hydrogen-bond donors (Lipinski definition) is 1. The van der Waals surface area contributed by atoms with Crippen LogP contribution in [0.5, 0.6) is 11.5 Å². The first kappa shape index (κ1) is 21.5. The van der Waals surface area contributed by atoms with Crippen LogP contribution in [0, 0.1) is 5.82 Å². The lowest BCUT2D eigenvalue weighted by atomic mass is 10.2. The van der Waals surface area contributed by atoms with Crippen molar-refractivity contribution in [1.29, 1.82) is 0 Å². The van der Waals surface area contributed by atoms with Crippen molar-refractivity contribution in [3.63, 3.8) is 0 Å². The van der Waals surface area contributed by atoms with E-state index in [0.717, 1.165) is 16.6 Å². The van der Waals surface area contributed by atoms with Gasteiger partial charge in [-0.1, -0.05) is 24.3 Å². The molecular formula is C19H22BrClFNO2. The quantitative estimate of drug-likeness (QED) is 0.434. The Kier molecular flexibility index (Phi) is 9.57. The maximum Gasteiger partial charge on any atom is 0.175 e. The summed E-state index contributed by atoms with van der Waals surface area (Å²) in [6, 6.07) is 10.5. The summed E-state index contributed by atoms with van der Waals surface area (Å²) < 4.78 is 26.0. The minimum absolute atomic E-state index is 0. The molecule has 6 heteroatoms. The van der Waals surface area contributed by atoms with E-state index in [0.29, 0.717) is 30.2 Å². The molecule has 0 saturated heterocycles. The van der Waals surface area contributed by atoms with E-state index in [-0.39, 0.29) is 24.8 Å². The molecule has 0 heterocycles. The molecule has 0 aromatic heterocycles. The molecule has 0 unspecified atom stereocenters. The molecule has 0 atom stereocenters. The summed E-state index contributed by atoms with van der Waals surface area (Å²) in [6.07, 6.45) is 1.81. The zero-order valence-electron chi connectivity index (χ0n) is 14.1. The molecule has 0 aliphatic carbocycles. The van der Waals surface area contributed by atoms with Crippen LogP contribution in [0.1, 0.15) is 18.1 Å². The molecule has 0 fully saturated rings. The second-order valence-electron chi connectivity index (χ2n) is 5.14. The molecule has 2 aromatic carbocycles. The predicted molar refractivity (Wildman–Crippen MR) is 105 cm³/mol. The molecule has 0 radical (unpaired) electrons. The normalized spacial score (nSPS) is 10.0.